The van der Waals surface area contributed by atoms with Crippen LogP contribution in [0.25, 0.3) is 11.0 Å². The summed E-state index contributed by atoms with van der Waals surface area (Å²) < 4.78 is 12.3. The van der Waals surface area contributed by atoms with Gasteiger partial charge in [0.2, 0.25) is 5.91 Å². The third-order valence-corrected chi connectivity index (χ3v) is 6.38. The lowest BCUT2D eigenvalue weighted by atomic mass is 10.1. The van der Waals surface area contributed by atoms with Gasteiger partial charge in [0.25, 0.3) is 5.56 Å². The summed E-state index contributed by atoms with van der Waals surface area (Å²) in [6, 6.07) is 16.7. The number of thioether (sulfide) groups is 1. The summed E-state index contributed by atoms with van der Waals surface area (Å²) in [5.74, 6) is 1.19. The highest BCUT2D eigenvalue weighted by Crippen LogP contribution is 2.28. The van der Waals surface area contributed by atoms with Crippen molar-refractivity contribution in [2.24, 2.45) is 0 Å². The fraction of sp³-hybridized carbons (Fsp3) is 0.231. The summed E-state index contributed by atoms with van der Waals surface area (Å²) in [5.41, 5.74) is 2.94. The number of nitrogens with one attached hydrogen (secondary N) is 1. The van der Waals surface area contributed by atoms with Crippen molar-refractivity contribution in [3.05, 3.63) is 82.3 Å². The van der Waals surface area contributed by atoms with E-state index in [0.717, 1.165) is 16.8 Å². The van der Waals surface area contributed by atoms with Crippen LogP contribution in [0.4, 0.5) is 5.69 Å². The minimum Gasteiger partial charge on any atom is -0.493 e. The molecule has 0 aliphatic carbocycles. The van der Waals surface area contributed by atoms with Gasteiger partial charge in [0.05, 0.1) is 25.4 Å². The van der Waals surface area contributed by atoms with E-state index in [2.05, 4.69) is 15.3 Å². The van der Waals surface area contributed by atoms with E-state index in [4.69, 9.17) is 9.47 Å². The molecule has 9 heteroatoms. The molecule has 0 spiro atoms. The van der Waals surface area contributed by atoms with Gasteiger partial charge in [-0.05, 0) is 60.9 Å². The highest BCUT2D eigenvalue weighted by Gasteiger charge is 2.15. The average Bonchev–Trinajstić information content (AvgIpc) is 2.87. The number of fused-ring (bicyclic) bond motifs is 1. The number of hydrogen-bond donors (Lipinski definition) is 1. The van der Waals surface area contributed by atoms with E-state index in [9.17, 15) is 9.59 Å². The number of ether oxygens (including phenoxy) is 2. The van der Waals surface area contributed by atoms with Gasteiger partial charge in [-0.1, -0.05) is 30.0 Å². The van der Waals surface area contributed by atoms with E-state index < -0.39 is 0 Å². The van der Waals surface area contributed by atoms with Crippen LogP contribution in [0.15, 0.2) is 70.7 Å². The second-order valence-electron chi connectivity index (χ2n) is 7.87. The molecule has 4 rings (SSSR count). The van der Waals surface area contributed by atoms with Crippen LogP contribution in [-0.4, -0.2) is 40.4 Å². The number of carbonyl (C=O) groups excluding carboxylic acids is 1. The monoisotopic (exact) mass is 490 g/mol. The quantitative estimate of drug-likeness (QED) is 0.279. The van der Waals surface area contributed by atoms with Gasteiger partial charge in [-0.3, -0.25) is 14.2 Å². The predicted octanol–water partition coefficient (Wildman–Crippen LogP) is 4.09. The van der Waals surface area contributed by atoms with E-state index in [1.807, 2.05) is 49.4 Å². The van der Waals surface area contributed by atoms with Crippen molar-refractivity contribution in [2.45, 2.75) is 25.0 Å². The molecule has 35 heavy (non-hydrogen) atoms. The number of anilines is 1. The first kappa shape index (κ1) is 24.3. The van der Waals surface area contributed by atoms with Crippen LogP contribution in [0.2, 0.25) is 0 Å². The van der Waals surface area contributed by atoms with Gasteiger partial charge in [0.1, 0.15) is 0 Å². The third-order valence-electron chi connectivity index (χ3n) is 5.40. The molecule has 2 aromatic heterocycles. The molecule has 0 bridgehead atoms. The maximum absolute atomic E-state index is 13.3. The lowest BCUT2D eigenvalue weighted by molar-refractivity contribution is -0.113. The number of benzene rings is 2. The maximum atomic E-state index is 13.3. The summed E-state index contributed by atoms with van der Waals surface area (Å²) in [4.78, 5) is 34.7. The smallest absolute Gasteiger partial charge is 0.263 e. The zero-order valence-corrected chi connectivity index (χ0v) is 20.6. The summed E-state index contributed by atoms with van der Waals surface area (Å²) >= 11 is 1.21. The SMILES string of the molecule is COc1ccc(CCn2c(SCC(=O)Nc3cccc(C)c3)nc3ncccc3c2=O)cc1OC. The Labute approximate surface area is 207 Å². The van der Waals surface area contributed by atoms with Crippen molar-refractivity contribution in [3.63, 3.8) is 0 Å². The standard InChI is InChI=1S/C26H26N4O4S/c1-17-6-4-7-19(14-17)28-23(31)16-35-26-29-24-20(8-5-12-27-24)25(32)30(26)13-11-18-9-10-21(33-2)22(15-18)34-3/h4-10,12,14-15H,11,13,16H2,1-3H3,(H,28,31). The molecule has 0 fully saturated rings. The van der Waals surface area contributed by atoms with Crippen LogP contribution in [0.5, 0.6) is 11.5 Å². The highest BCUT2D eigenvalue weighted by atomic mass is 32.2. The minimum absolute atomic E-state index is 0.106. The van der Waals surface area contributed by atoms with Gasteiger partial charge in [-0.25, -0.2) is 9.97 Å². The summed E-state index contributed by atoms with van der Waals surface area (Å²) in [6.45, 7) is 2.35. The van der Waals surface area contributed by atoms with E-state index in [0.29, 0.717) is 40.7 Å². The van der Waals surface area contributed by atoms with Gasteiger partial charge in [0.15, 0.2) is 22.3 Å². The molecule has 0 unspecified atom stereocenters. The second-order valence-corrected chi connectivity index (χ2v) is 8.81. The second kappa shape index (κ2) is 11.1. The Morgan fingerprint density at radius 1 is 1.06 bits per heavy atom. The van der Waals surface area contributed by atoms with Gasteiger partial charge in [0, 0.05) is 18.4 Å². The number of carbonyl (C=O) groups is 1. The molecule has 0 aliphatic heterocycles. The first-order valence-corrected chi connectivity index (χ1v) is 12.0. The number of nitrogens with zero attached hydrogens (tertiary/aromatic N) is 3. The zero-order chi connectivity index (χ0) is 24.8. The Hall–Kier alpha value is -3.85. The largest absolute Gasteiger partial charge is 0.493 e. The first-order chi connectivity index (χ1) is 17.0. The number of aromatic nitrogens is 3. The molecule has 8 nitrogen and oxygen atoms in total. The van der Waals surface area contributed by atoms with Crippen LogP contribution in [-0.2, 0) is 17.8 Å². The highest BCUT2D eigenvalue weighted by molar-refractivity contribution is 7.99. The van der Waals surface area contributed by atoms with E-state index in [1.165, 1.54) is 11.8 Å². The fourth-order valence-corrected chi connectivity index (χ4v) is 4.48. The normalized spacial score (nSPS) is 10.8. The summed E-state index contributed by atoms with van der Waals surface area (Å²) in [7, 11) is 3.17. The summed E-state index contributed by atoms with van der Waals surface area (Å²) in [5, 5.41) is 3.77. The number of aryl methyl sites for hydroxylation is 2. The van der Waals surface area contributed by atoms with Crippen LogP contribution in [0.1, 0.15) is 11.1 Å². The molecule has 0 atom stereocenters. The molecule has 0 aliphatic rings. The zero-order valence-electron chi connectivity index (χ0n) is 19.8. The molecule has 1 N–H and O–H groups in total. The number of rotatable bonds is 9. The Balaban J connectivity index is 1.57. The van der Waals surface area contributed by atoms with Gasteiger partial charge < -0.3 is 14.8 Å². The van der Waals surface area contributed by atoms with Gasteiger partial charge in [-0.2, -0.15) is 0 Å². The Kier molecular flexibility index (Phi) is 7.67. The Morgan fingerprint density at radius 2 is 1.89 bits per heavy atom. The van der Waals surface area contributed by atoms with Crippen molar-refractivity contribution in [1.82, 2.24) is 14.5 Å². The van der Waals surface area contributed by atoms with Crippen LogP contribution in [0, 0.1) is 6.92 Å². The molecule has 4 aromatic rings. The molecule has 180 valence electrons. The molecule has 2 aromatic carbocycles. The lowest BCUT2D eigenvalue weighted by Gasteiger charge is -2.14. The topological polar surface area (TPSA) is 95.3 Å². The van der Waals surface area contributed by atoms with Crippen molar-refractivity contribution in [3.8, 4) is 11.5 Å². The fourth-order valence-electron chi connectivity index (χ4n) is 3.67. The van der Waals surface area contributed by atoms with Crippen LogP contribution >= 0.6 is 11.8 Å². The van der Waals surface area contributed by atoms with Crippen molar-refractivity contribution >= 4 is 34.4 Å². The van der Waals surface area contributed by atoms with Crippen LogP contribution < -0.4 is 20.3 Å². The Bertz CT molecular complexity index is 1420. The van der Waals surface area contributed by atoms with Gasteiger partial charge >= 0.3 is 0 Å². The van der Waals surface area contributed by atoms with Crippen LogP contribution in [0.3, 0.4) is 0 Å². The number of pyridine rings is 1. The molecule has 1 amide bonds. The molecular formula is C26H26N4O4S. The minimum atomic E-state index is -0.190. The van der Waals surface area contributed by atoms with E-state index >= 15 is 0 Å². The molecule has 2 heterocycles. The van der Waals surface area contributed by atoms with Crippen molar-refractivity contribution in [1.29, 1.82) is 0 Å². The lowest BCUT2D eigenvalue weighted by Crippen LogP contribution is -2.25. The van der Waals surface area contributed by atoms with E-state index in [1.54, 1.807) is 37.1 Å². The Morgan fingerprint density at radius 3 is 2.66 bits per heavy atom. The van der Waals surface area contributed by atoms with Crippen molar-refractivity contribution in [2.75, 3.05) is 25.3 Å². The van der Waals surface area contributed by atoms with E-state index in [-0.39, 0.29) is 17.2 Å². The maximum Gasteiger partial charge on any atom is 0.263 e. The summed E-state index contributed by atoms with van der Waals surface area (Å²) in [6.07, 6.45) is 2.17. The average molecular weight is 491 g/mol. The number of methoxy groups -OCH3 is 2. The van der Waals surface area contributed by atoms with Crippen molar-refractivity contribution < 1.29 is 14.3 Å². The number of hydrogen-bond acceptors (Lipinski definition) is 7. The molecule has 0 saturated carbocycles. The molecule has 0 saturated heterocycles. The molecule has 0 radical (unpaired) electrons. The van der Waals surface area contributed by atoms with Gasteiger partial charge in [-0.15, -0.1) is 0 Å². The third kappa shape index (κ3) is 5.81. The first-order valence-electron chi connectivity index (χ1n) is 11.0. The molecular weight excluding hydrogens is 464 g/mol. The predicted molar refractivity (Wildman–Crippen MR) is 138 cm³/mol. The number of amides is 1.